The van der Waals surface area contributed by atoms with Gasteiger partial charge in [0.05, 0.1) is 5.56 Å². The van der Waals surface area contributed by atoms with Crippen molar-refractivity contribution < 1.29 is 4.57 Å². The quantitative estimate of drug-likeness (QED) is 0.404. The molecule has 1 aliphatic rings. The number of fused-ring (bicyclic) bond motifs is 3. The highest BCUT2D eigenvalue weighted by Gasteiger charge is 2.26. The van der Waals surface area contributed by atoms with E-state index in [0.717, 1.165) is 12.8 Å². The minimum atomic E-state index is 0.687. The van der Waals surface area contributed by atoms with Gasteiger partial charge in [0.2, 0.25) is 5.69 Å². The van der Waals surface area contributed by atoms with E-state index in [1.807, 2.05) is 0 Å². The van der Waals surface area contributed by atoms with Crippen molar-refractivity contribution in [2.45, 2.75) is 47.5 Å². The van der Waals surface area contributed by atoms with Crippen LogP contribution in [0.1, 0.15) is 47.2 Å². The van der Waals surface area contributed by atoms with Crippen molar-refractivity contribution in [1.29, 1.82) is 0 Å². The molecule has 27 heavy (non-hydrogen) atoms. The Bertz CT molecular complexity index is 1040. The van der Waals surface area contributed by atoms with Crippen LogP contribution in [-0.2, 0) is 19.9 Å². The molecule has 0 amide bonds. The maximum atomic E-state index is 2.43. The van der Waals surface area contributed by atoms with Gasteiger partial charge in [-0.2, -0.15) is 0 Å². The van der Waals surface area contributed by atoms with E-state index in [1.54, 1.807) is 0 Å². The van der Waals surface area contributed by atoms with E-state index in [1.165, 1.54) is 55.8 Å². The van der Waals surface area contributed by atoms with Crippen LogP contribution in [0.15, 0.2) is 42.6 Å². The molecule has 0 fully saturated rings. The third-order valence-corrected chi connectivity index (χ3v) is 6.00. The molecule has 0 aliphatic heterocycles. The van der Waals surface area contributed by atoms with E-state index in [9.17, 15) is 0 Å². The first-order valence-electron chi connectivity index (χ1n) is 10.1. The van der Waals surface area contributed by atoms with E-state index in [2.05, 4.69) is 88.8 Å². The molecule has 1 heteroatoms. The molecule has 0 unspecified atom stereocenters. The van der Waals surface area contributed by atoms with Gasteiger partial charge in [0.25, 0.3) is 0 Å². The van der Waals surface area contributed by atoms with Crippen LogP contribution in [0.4, 0.5) is 0 Å². The number of hydrogen-bond acceptors (Lipinski definition) is 0. The molecule has 1 nitrogen and oxygen atoms in total. The summed E-state index contributed by atoms with van der Waals surface area (Å²) in [7, 11) is 2.17. The SMILES string of the molecule is Cc1cc(-c2c(C)ccc3c2Cc2ccc(CC(C)C)cc2-3)[n+](C)cc1C. The normalized spacial score (nSPS) is 12.4. The largest absolute Gasteiger partial charge is 0.213 e. The van der Waals surface area contributed by atoms with E-state index >= 15 is 0 Å². The second-order valence-electron chi connectivity index (χ2n) is 8.69. The summed E-state index contributed by atoms with van der Waals surface area (Å²) >= 11 is 0. The molecule has 3 aromatic rings. The molecule has 4 rings (SSSR count). The zero-order valence-corrected chi connectivity index (χ0v) is 17.5. The molecule has 1 aromatic heterocycles. The van der Waals surface area contributed by atoms with Gasteiger partial charge in [0.15, 0.2) is 6.20 Å². The Labute approximate surface area is 163 Å². The molecule has 1 heterocycles. The summed E-state index contributed by atoms with van der Waals surface area (Å²) < 4.78 is 2.29. The predicted molar refractivity (Wildman–Crippen MR) is 114 cm³/mol. The van der Waals surface area contributed by atoms with Crippen LogP contribution >= 0.6 is 0 Å². The molecule has 0 N–H and O–H groups in total. The van der Waals surface area contributed by atoms with Gasteiger partial charge in [-0.25, -0.2) is 4.57 Å². The topological polar surface area (TPSA) is 3.88 Å². The van der Waals surface area contributed by atoms with Crippen LogP contribution in [0, 0.1) is 26.7 Å². The van der Waals surface area contributed by atoms with Gasteiger partial charge in [-0.1, -0.05) is 44.2 Å². The summed E-state index contributed by atoms with van der Waals surface area (Å²) in [6.07, 6.45) is 4.44. The molecule has 0 saturated carbocycles. The average molecular weight is 357 g/mol. The smallest absolute Gasteiger partial charge is 0.201 e. The summed E-state index contributed by atoms with van der Waals surface area (Å²) in [4.78, 5) is 0. The third kappa shape index (κ3) is 3.10. The number of hydrogen-bond donors (Lipinski definition) is 0. The van der Waals surface area contributed by atoms with Crippen LogP contribution in [0.2, 0.25) is 0 Å². The molecule has 0 bridgehead atoms. The molecular formula is C26H30N+. The van der Waals surface area contributed by atoms with Crippen LogP contribution in [0.3, 0.4) is 0 Å². The van der Waals surface area contributed by atoms with Crippen molar-refractivity contribution in [1.82, 2.24) is 0 Å². The maximum Gasteiger partial charge on any atom is 0.213 e. The molecule has 1 aliphatic carbocycles. The van der Waals surface area contributed by atoms with Gasteiger partial charge in [-0.15, -0.1) is 0 Å². The zero-order valence-electron chi connectivity index (χ0n) is 17.5. The lowest BCUT2D eigenvalue weighted by molar-refractivity contribution is -0.660. The van der Waals surface area contributed by atoms with Crippen LogP contribution in [0.25, 0.3) is 22.4 Å². The summed E-state index contributed by atoms with van der Waals surface area (Å²) in [6, 6.07) is 14.1. The molecule has 138 valence electrons. The fourth-order valence-electron chi connectivity index (χ4n) is 4.51. The fraction of sp³-hybridized carbons (Fsp3) is 0.346. The minimum absolute atomic E-state index is 0.687. The number of rotatable bonds is 3. The number of pyridine rings is 1. The van der Waals surface area contributed by atoms with Crippen molar-refractivity contribution >= 4 is 0 Å². The lowest BCUT2D eigenvalue weighted by atomic mass is 9.93. The lowest BCUT2D eigenvalue weighted by Gasteiger charge is -2.12. The molecule has 0 atom stereocenters. The van der Waals surface area contributed by atoms with E-state index < -0.39 is 0 Å². The Hall–Kier alpha value is -2.41. The molecule has 0 radical (unpaired) electrons. The number of nitrogens with zero attached hydrogens (tertiary/aromatic N) is 1. The molecule has 0 saturated heterocycles. The second-order valence-corrected chi connectivity index (χ2v) is 8.69. The van der Waals surface area contributed by atoms with Crippen LogP contribution < -0.4 is 4.57 Å². The highest BCUT2D eigenvalue weighted by Crippen LogP contribution is 2.43. The number of benzene rings is 2. The Morgan fingerprint density at radius 2 is 1.67 bits per heavy atom. The highest BCUT2D eigenvalue weighted by molar-refractivity contribution is 5.85. The summed E-state index contributed by atoms with van der Waals surface area (Å²) in [6.45, 7) is 11.2. The molecule has 2 aromatic carbocycles. The predicted octanol–water partition coefficient (Wildman–Crippen LogP) is 5.87. The summed E-state index contributed by atoms with van der Waals surface area (Å²) in [5.41, 5.74) is 14.1. The van der Waals surface area contributed by atoms with Gasteiger partial charge >= 0.3 is 0 Å². The zero-order chi connectivity index (χ0) is 19.3. The average Bonchev–Trinajstić information content (AvgIpc) is 2.96. The Morgan fingerprint density at radius 3 is 2.41 bits per heavy atom. The third-order valence-electron chi connectivity index (χ3n) is 6.00. The van der Waals surface area contributed by atoms with Gasteiger partial charge in [-0.3, -0.25) is 0 Å². The standard InChI is InChI=1S/C26H30N/c1-16(2)11-20-8-9-21-14-24-22(23(21)13-20)10-7-17(3)26(24)25-12-18(4)19(5)15-27(25)6/h7-10,12-13,15-16H,11,14H2,1-6H3/q+1. The number of aromatic nitrogens is 1. The summed E-state index contributed by atoms with van der Waals surface area (Å²) in [5.74, 6) is 0.687. The molecule has 0 spiro atoms. The van der Waals surface area contributed by atoms with Crippen LogP contribution in [0.5, 0.6) is 0 Å². The van der Waals surface area contributed by atoms with Crippen molar-refractivity contribution in [2.24, 2.45) is 13.0 Å². The van der Waals surface area contributed by atoms with E-state index in [4.69, 9.17) is 0 Å². The molecular weight excluding hydrogens is 326 g/mol. The van der Waals surface area contributed by atoms with Crippen molar-refractivity contribution in [3.63, 3.8) is 0 Å². The van der Waals surface area contributed by atoms with E-state index in [-0.39, 0.29) is 0 Å². The highest BCUT2D eigenvalue weighted by atomic mass is 14.9. The van der Waals surface area contributed by atoms with Crippen molar-refractivity contribution in [3.8, 4) is 22.4 Å². The van der Waals surface area contributed by atoms with E-state index in [0.29, 0.717) is 5.92 Å². The summed E-state index contributed by atoms with van der Waals surface area (Å²) in [5, 5.41) is 0. The maximum absolute atomic E-state index is 2.43. The number of aryl methyl sites for hydroxylation is 4. The minimum Gasteiger partial charge on any atom is -0.201 e. The Kier molecular flexibility index (Phi) is 4.42. The van der Waals surface area contributed by atoms with Gasteiger partial charge < -0.3 is 0 Å². The van der Waals surface area contributed by atoms with Crippen molar-refractivity contribution in [3.05, 3.63) is 76.0 Å². The first-order valence-corrected chi connectivity index (χ1v) is 10.1. The monoisotopic (exact) mass is 356 g/mol. The van der Waals surface area contributed by atoms with Crippen LogP contribution in [-0.4, -0.2) is 0 Å². The second kappa shape index (κ2) is 6.64. The van der Waals surface area contributed by atoms with Gasteiger partial charge in [0.1, 0.15) is 7.05 Å². The Morgan fingerprint density at radius 1 is 0.889 bits per heavy atom. The first-order chi connectivity index (χ1) is 12.8. The lowest BCUT2D eigenvalue weighted by Crippen LogP contribution is -2.32. The Balaban J connectivity index is 1.89. The fourth-order valence-corrected chi connectivity index (χ4v) is 4.51. The van der Waals surface area contributed by atoms with Gasteiger partial charge in [-0.05, 0) is 78.5 Å². The first kappa shape index (κ1) is 18.0. The van der Waals surface area contributed by atoms with Crippen molar-refractivity contribution in [2.75, 3.05) is 0 Å². The van der Waals surface area contributed by atoms with Gasteiger partial charge in [0, 0.05) is 11.6 Å².